The van der Waals surface area contributed by atoms with Gasteiger partial charge in [0, 0.05) is 12.1 Å². The van der Waals surface area contributed by atoms with Gasteiger partial charge in [-0.2, -0.15) is 0 Å². The van der Waals surface area contributed by atoms with E-state index < -0.39 is 16.7 Å². The number of benzene rings is 3. The summed E-state index contributed by atoms with van der Waals surface area (Å²) in [7, 11) is 0. The van der Waals surface area contributed by atoms with Crippen molar-refractivity contribution in [2.75, 3.05) is 0 Å². The van der Waals surface area contributed by atoms with Crippen molar-refractivity contribution in [1.29, 1.82) is 0 Å². The molecule has 0 unspecified atom stereocenters. The topological polar surface area (TPSA) is 80.5 Å². The van der Waals surface area contributed by atoms with Gasteiger partial charge in [-0.1, -0.05) is 42.5 Å². The van der Waals surface area contributed by atoms with Gasteiger partial charge in [0.1, 0.15) is 0 Å². The van der Waals surface area contributed by atoms with Crippen molar-refractivity contribution in [3.63, 3.8) is 0 Å². The lowest BCUT2D eigenvalue weighted by Crippen LogP contribution is -2.29. The van der Waals surface area contributed by atoms with Crippen LogP contribution in [0.1, 0.15) is 26.3 Å². The van der Waals surface area contributed by atoms with E-state index in [1.165, 1.54) is 18.2 Å². The molecule has 122 valence electrons. The van der Waals surface area contributed by atoms with Gasteiger partial charge in [-0.25, -0.2) is 0 Å². The van der Waals surface area contributed by atoms with Crippen molar-refractivity contribution in [3.8, 4) is 0 Å². The Morgan fingerprint density at radius 3 is 2.40 bits per heavy atom. The van der Waals surface area contributed by atoms with Gasteiger partial charge in [-0.3, -0.25) is 24.6 Å². The fourth-order valence-electron chi connectivity index (χ4n) is 3.14. The Labute approximate surface area is 142 Å². The lowest BCUT2D eigenvalue weighted by molar-refractivity contribution is -0.384. The molecule has 0 aromatic heterocycles. The number of non-ortho nitro benzene ring substituents is 1. The van der Waals surface area contributed by atoms with Crippen LogP contribution in [0.4, 0.5) is 5.69 Å². The van der Waals surface area contributed by atoms with E-state index in [2.05, 4.69) is 0 Å². The van der Waals surface area contributed by atoms with Crippen LogP contribution in [0.3, 0.4) is 0 Å². The number of nitro benzene ring substituents is 1. The molecule has 0 saturated carbocycles. The van der Waals surface area contributed by atoms with Crippen molar-refractivity contribution in [2.24, 2.45) is 0 Å². The lowest BCUT2D eigenvalue weighted by atomic mass is 10.0. The van der Waals surface area contributed by atoms with Gasteiger partial charge >= 0.3 is 0 Å². The highest BCUT2D eigenvalue weighted by Gasteiger charge is 2.36. The smallest absolute Gasteiger partial charge is 0.270 e. The quantitative estimate of drug-likeness (QED) is 0.417. The number of hydrogen-bond donors (Lipinski definition) is 0. The van der Waals surface area contributed by atoms with Gasteiger partial charge in [0.15, 0.2) is 0 Å². The summed E-state index contributed by atoms with van der Waals surface area (Å²) < 4.78 is 0. The van der Waals surface area contributed by atoms with E-state index in [0.29, 0.717) is 0 Å². The van der Waals surface area contributed by atoms with Gasteiger partial charge in [-0.05, 0) is 22.4 Å². The number of carbonyl (C=O) groups is 2. The fourth-order valence-corrected chi connectivity index (χ4v) is 3.14. The molecule has 0 N–H and O–H groups in total. The van der Waals surface area contributed by atoms with Crippen LogP contribution in [-0.4, -0.2) is 21.6 Å². The zero-order valence-electron chi connectivity index (χ0n) is 13.0. The molecule has 2 amide bonds. The van der Waals surface area contributed by atoms with Crippen LogP contribution in [0.2, 0.25) is 0 Å². The standard InChI is InChI=1S/C19H12N2O4/c22-18-16-9-8-14(21(24)25)10-17(16)19(23)20(18)11-13-6-3-5-12-4-1-2-7-15(12)13/h1-10H,11H2. The molecule has 3 aromatic rings. The Morgan fingerprint density at radius 1 is 0.880 bits per heavy atom. The van der Waals surface area contributed by atoms with Crippen LogP contribution in [0.5, 0.6) is 0 Å². The summed E-state index contributed by atoms with van der Waals surface area (Å²) >= 11 is 0. The van der Waals surface area contributed by atoms with Gasteiger partial charge in [-0.15, -0.1) is 0 Å². The zero-order valence-corrected chi connectivity index (χ0v) is 13.0. The fraction of sp³-hybridized carbons (Fsp3) is 0.0526. The van der Waals surface area contributed by atoms with E-state index in [0.717, 1.165) is 21.2 Å². The summed E-state index contributed by atoms with van der Waals surface area (Å²) in [6, 6.07) is 17.2. The third-order valence-electron chi connectivity index (χ3n) is 4.37. The Kier molecular flexibility index (Phi) is 3.32. The summed E-state index contributed by atoms with van der Waals surface area (Å²) in [6.45, 7) is 0.126. The molecule has 0 saturated heterocycles. The van der Waals surface area contributed by atoms with Crippen molar-refractivity contribution in [3.05, 3.63) is 87.5 Å². The van der Waals surface area contributed by atoms with Crippen LogP contribution >= 0.6 is 0 Å². The van der Waals surface area contributed by atoms with E-state index in [1.54, 1.807) is 0 Å². The third kappa shape index (κ3) is 2.35. The SMILES string of the molecule is O=C1c2ccc([N+](=O)[O-])cc2C(=O)N1Cc1cccc2ccccc12. The predicted octanol–water partition coefficient (Wildman–Crippen LogP) is 3.54. The van der Waals surface area contributed by atoms with E-state index in [9.17, 15) is 19.7 Å². The maximum atomic E-state index is 12.6. The number of fused-ring (bicyclic) bond motifs is 2. The molecule has 1 aliphatic heterocycles. The van der Waals surface area contributed by atoms with Crippen molar-refractivity contribution in [1.82, 2.24) is 4.90 Å². The molecule has 6 nitrogen and oxygen atoms in total. The van der Waals surface area contributed by atoms with Crippen molar-refractivity contribution >= 4 is 28.3 Å². The Balaban J connectivity index is 1.73. The number of carbonyl (C=O) groups excluding carboxylic acids is 2. The summed E-state index contributed by atoms with van der Waals surface area (Å²) in [4.78, 5) is 36.6. The molecular weight excluding hydrogens is 320 g/mol. The van der Waals surface area contributed by atoms with Crippen LogP contribution < -0.4 is 0 Å². The Morgan fingerprint density at radius 2 is 1.60 bits per heavy atom. The molecule has 6 heteroatoms. The average Bonchev–Trinajstić information content (AvgIpc) is 2.86. The number of imide groups is 1. The first-order chi connectivity index (χ1) is 12.1. The van der Waals surface area contributed by atoms with Gasteiger partial charge in [0.2, 0.25) is 0 Å². The normalized spacial score (nSPS) is 13.4. The summed E-state index contributed by atoms with van der Waals surface area (Å²) in [5.74, 6) is -0.931. The second-order valence-electron chi connectivity index (χ2n) is 5.82. The molecule has 3 aromatic carbocycles. The molecule has 0 atom stereocenters. The van der Waals surface area contributed by atoms with Gasteiger partial charge < -0.3 is 0 Å². The van der Waals surface area contributed by atoms with Crippen LogP contribution in [-0.2, 0) is 6.54 Å². The number of nitro groups is 1. The maximum absolute atomic E-state index is 12.6. The molecule has 0 spiro atoms. The van der Waals surface area contributed by atoms with Crippen LogP contribution in [0.25, 0.3) is 10.8 Å². The second-order valence-corrected chi connectivity index (χ2v) is 5.82. The van der Waals surface area contributed by atoms with E-state index in [1.807, 2.05) is 42.5 Å². The molecule has 4 rings (SSSR count). The van der Waals surface area contributed by atoms with Gasteiger partial charge in [0.05, 0.1) is 22.6 Å². The minimum absolute atomic E-state index is 0.0828. The van der Waals surface area contributed by atoms with Crippen molar-refractivity contribution in [2.45, 2.75) is 6.54 Å². The third-order valence-corrected chi connectivity index (χ3v) is 4.37. The molecule has 25 heavy (non-hydrogen) atoms. The minimum atomic E-state index is -0.578. The molecular formula is C19H12N2O4. The number of nitrogens with zero attached hydrogens (tertiary/aromatic N) is 2. The van der Waals surface area contributed by atoms with Gasteiger partial charge in [0.25, 0.3) is 17.5 Å². The first-order valence-electron chi connectivity index (χ1n) is 7.67. The first kappa shape index (κ1) is 15.0. The zero-order chi connectivity index (χ0) is 17.6. The molecule has 1 heterocycles. The molecule has 0 radical (unpaired) electrons. The molecule has 0 bridgehead atoms. The Bertz CT molecular complexity index is 1050. The lowest BCUT2D eigenvalue weighted by Gasteiger charge is -2.15. The van der Waals surface area contributed by atoms with E-state index in [4.69, 9.17) is 0 Å². The molecule has 0 aliphatic carbocycles. The highest BCUT2D eigenvalue weighted by Crippen LogP contribution is 2.29. The molecule has 1 aliphatic rings. The monoisotopic (exact) mass is 332 g/mol. The molecule has 0 fully saturated rings. The van der Waals surface area contributed by atoms with E-state index in [-0.39, 0.29) is 23.4 Å². The van der Waals surface area contributed by atoms with Crippen LogP contribution in [0, 0.1) is 10.1 Å². The highest BCUT2D eigenvalue weighted by molar-refractivity contribution is 6.21. The van der Waals surface area contributed by atoms with Crippen LogP contribution in [0.15, 0.2) is 60.7 Å². The Hall–Kier alpha value is -3.54. The number of rotatable bonds is 3. The average molecular weight is 332 g/mol. The summed E-state index contributed by atoms with van der Waals surface area (Å²) in [5, 5.41) is 12.9. The summed E-state index contributed by atoms with van der Waals surface area (Å²) in [6.07, 6.45) is 0. The number of hydrogen-bond acceptors (Lipinski definition) is 4. The highest BCUT2D eigenvalue weighted by atomic mass is 16.6. The van der Waals surface area contributed by atoms with Crippen molar-refractivity contribution < 1.29 is 14.5 Å². The number of amides is 2. The predicted molar refractivity (Wildman–Crippen MR) is 91.2 cm³/mol. The summed E-state index contributed by atoms with van der Waals surface area (Å²) in [5.41, 5.74) is 0.935. The largest absolute Gasteiger partial charge is 0.270 e. The second kappa shape index (κ2) is 5.52. The maximum Gasteiger partial charge on any atom is 0.270 e. The minimum Gasteiger partial charge on any atom is -0.270 e. The first-order valence-corrected chi connectivity index (χ1v) is 7.67. The van der Waals surface area contributed by atoms with E-state index >= 15 is 0 Å².